The Balaban J connectivity index is 1.94. The quantitative estimate of drug-likeness (QED) is 0.697. The first-order chi connectivity index (χ1) is 11.0. The molecule has 0 atom stereocenters. The topological polar surface area (TPSA) is 57.6 Å². The molecule has 1 aliphatic rings. The molecule has 0 spiro atoms. The number of amides is 3. The van der Waals surface area contributed by atoms with E-state index in [0.29, 0.717) is 0 Å². The minimum atomic E-state index is -0.408. The Bertz CT molecular complexity index is 787. The predicted octanol–water partition coefficient (Wildman–Crippen LogP) is 2.07. The molecule has 1 aromatic heterocycles. The van der Waals surface area contributed by atoms with Crippen LogP contribution in [0.15, 0.2) is 48.3 Å². The standard InChI is InChI=1S/C17H18N4O2/c1-19(2)12-6-8-13(9-7-12)21-10-4-5-14(21)11-15-16(22)20(3)17(23)18-15/h4-11H,1-3H3,(H,18,23)/b15-11+. The summed E-state index contributed by atoms with van der Waals surface area (Å²) in [5.74, 6) is -0.328. The molecule has 1 N–H and O–H groups in total. The molecule has 1 saturated heterocycles. The molecule has 118 valence electrons. The van der Waals surface area contributed by atoms with Gasteiger partial charge in [-0.1, -0.05) is 0 Å². The van der Waals surface area contributed by atoms with Crippen LogP contribution in [0.25, 0.3) is 11.8 Å². The van der Waals surface area contributed by atoms with Crippen LogP contribution < -0.4 is 10.2 Å². The Morgan fingerprint density at radius 1 is 1.09 bits per heavy atom. The number of carbonyl (C=O) groups excluding carboxylic acids is 2. The van der Waals surface area contributed by atoms with E-state index in [1.54, 1.807) is 6.08 Å². The number of nitrogens with one attached hydrogen (secondary N) is 1. The second-order valence-corrected chi connectivity index (χ2v) is 5.57. The van der Waals surface area contributed by atoms with Crippen LogP contribution in [-0.4, -0.2) is 42.5 Å². The fourth-order valence-corrected chi connectivity index (χ4v) is 2.43. The summed E-state index contributed by atoms with van der Waals surface area (Å²) >= 11 is 0. The summed E-state index contributed by atoms with van der Waals surface area (Å²) in [6.07, 6.45) is 3.60. The van der Waals surface area contributed by atoms with Crippen molar-refractivity contribution in [3.8, 4) is 5.69 Å². The first-order valence-electron chi connectivity index (χ1n) is 7.23. The van der Waals surface area contributed by atoms with E-state index in [-0.39, 0.29) is 11.6 Å². The van der Waals surface area contributed by atoms with Gasteiger partial charge in [-0.3, -0.25) is 9.69 Å². The summed E-state index contributed by atoms with van der Waals surface area (Å²) in [6, 6.07) is 11.5. The summed E-state index contributed by atoms with van der Waals surface area (Å²) in [5, 5.41) is 2.57. The third kappa shape index (κ3) is 2.70. The molecule has 0 bridgehead atoms. The van der Waals surface area contributed by atoms with Crippen molar-refractivity contribution in [2.45, 2.75) is 0 Å². The normalized spacial score (nSPS) is 16.1. The van der Waals surface area contributed by atoms with E-state index < -0.39 is 6.03 Å². The number of nitrogens with zero attached hydrogens (tertiary/aromatic N) is 3. The van der Waals surface area contributed by atoms with Gasteiger partial charge in [0, 0.05) is 44.4 Å². The van der Waals surface area contributed by atoms with Crippen molar-refractivity contribution in [3.63, 3.8) is 0 Å². The van der Waals surface area contributed by atoms with Gasteiger partial charge in [0.05, 0.1) is 0 Å². The van der Waals surface area contributed by atoms with Crippen molar-refractivity contribution < 1.29 is 9.59 Å². The van der Waals surface area contributed by atoms with Gasteiger partial charge in [0.15, 0.2) is 0 Å². The lowest BCUT2D eigenvalue weighted by Crippen LogP contribution is -2.25. The van der Waals surface area contributed by atoms with Crippen LogP contribution >= 0.6 is 0 Å². The van der Waals surface area contributed by atoms with Gasteiger partial charge < -0.3 is 14.8 Å². The number of aromatic nitrogens is 1. The van der Waals surface area contributed by atoms with Gasteiger partial charge >= 0.3 is 6.03 Å². The first kappa shape index (κ1) is 14.9. The first-order valence-corrected chi connectivity index (χ1v) is 7.23. The van der Waals surface area contributed by atoms with Crippen molar-refractivity contribution in [3.05, 3.63) is 54.0 Å². The summed E-state index contributed by atoms with van der Waals surface area (Å²) in [7, 11) is 5.44. The van der Waals surface area contributed by atoms with Gasteiger partial charge in [0.2, 0.25) is 0 Å². The molecule has 3 rings (SSSR count). The van der Waals surface area contributed by atoms with Crippen molar-refractivity contribution in [2.24, 2.45) is 0 Å². The smallest absolute Gasteiger partial charge is 0.328 e. The van der Waals surface area contributed by atoms with Gasteiger partial charge in [-0.2, -0.15) is 0 Å². The van der Waals surface area contributed by atoms with Crippen molar-refractivity contribution >= 4 is 23.7 Å². The highest BCUT2D eigenvalue weighted by atomic mass is 16.2. The number of benzene rings is 1. The monoisotopic (exact) mass is 310 g/mol. The summed E-state index contributed by atoms with van der Waals surface area (Å²) in [6.45, 7) is 0. The van der Waals surface area contributed by atoms with E-state index in [9.17, 15) is 9.59 Å². The summed E-state index contributed by atoms with van der Waals surface area (Å²) < 4.78 is 1.96. The average molecular weight is 310 g/mol. The molecule has 1 aromatic carbocycles. The highest BCUT2D eigenvalue weighted by molar-refractivity contribution is 6.13. The Morgan fingerprint density at radius 2 is 1.78 bits per heavy atom. The Labute approximate surface area is 134 Å². The largest absolute Gasteiger partial charge is 0.378 e. The fourth-order valence-electron chi connectivity index (χ4n) is 2.43. The third-order valence-corrected chi connectivity index (χ3v) is 3.80. The number of anilines is 1. The van der Waals surface area contributed by atoms with Gasteiger partial charge in [-0.15, -0.1) is 0 Å². The Morgan fingerprint density at radius 3 is 2.35 bits per heavy atom. The Kier molecular flexibility index (Phi) is 3.65. The minimum absolute atomic E-state index is 0.280. The minimum Gasteiger partial charge on any atom is -0.378 e. The number of rotatable bonds is 3. The molecule has 1 fully saturated rings. The van der Waals surface area contributed by atoms with Gasteiger partial charge in [-0.05, 0) is 42.5 Å². The molecule has 2 heterocycles. The number of urea groups is 1. The maximum atomic E-state index is 12.0. The van der Waals surface area contributed by atoms with E-state index in [2.05, 4.69) is 5.32 Å². The van der Waals surface area contributed by atoms with Gasteiger partial charge in [-0.25, -0.2) is 4.79 Å². The van der Waals surface area contributed by atoms with Crippen LogP contribution in [0.2, 0.25) is 0 Å². The molecule has 6 heteroatoms. The highest BCUT2D eigenvalue weighted by Crippen LogP contribution is 2.20. The zero-order chi connectivity index (χ0) is 16.6. The number of hydrogen-bond acceptors (Lipinski definition) is 3. The molecule has 0 unspecified atom stereocenters. The number of likely N-dealkylation sites (N-methyl/N-ethyl adjacent to an activating group) is 1. The molecule has 6 nitrogen and oxygen atoms in total. The molecule has 0 radical (unpaired) electrons. The lowest BCUT2D eigenvalue weighted by molar-refractivity contribution is -0.121. The number of hydrogen-bond donors (Lipinski definition) is 1. The Hall–Kier alpha value is -3.02. The molecule has 1 aliphatic heterocycles. The van der Waals surface area contributed by atoms with Crippen LogP contribution in [0, 0.1) is 0 Å². The third-order valence-electron chi connectivity index (χ3n) is 3.80. The van der Waals surface area contributed by atoms with Crippen LogP contribution in [0.3, 0.4) is 0 Å². The van der Waals surface area contributed by atoms with Crippen LogP contribution in [0.4, 0.5) is 10.5 Å². The van der Waals surface area contributed by atoms with Gasteiger partial charge in [0.1, 0.15) is 5.70 Å². The van der Waals surface area contributed by atoms with Crippen molar-refractivity contribution in [1.29, 1.82) is 0 Å². The van der Waals surface area contributed by atoms with Crippen molar-refractivity contribution in [1.82, 2.24) is 14.8 Å². The van der Waals surface area contributed by atoms with Crippen LogP contribution in [-0.2, 0) is 4.79 Å². The average Bonchev–Trinajstić information content (AvgIpc) is 3.09. The predicted molar refractivity (Wildman–Crippen MR) is 89.4 cm³/mol. The second-order valence-electron chi connectivity index (χ2n) is 5.57. The van der Waals surface area contributed by atoms with E-state index in [1.165, 1.54) is 7.05 Å². The summed E-state index contributed by atoms with van der Waals surface area (Å²) in [4.78, 5) is 26.6. The molecule has 0 saturated carbocycles. The summed E-state index contributed by atoms with van der Waals surface area (Å²) in [5.41, 5.74) is 3.20. The van der Waals surface area contributed by atoms with Crippen molar-refractivity contribution in [2.75, 3.05) is 26.0 Å². The van der Waals surface area contributed by atoms with E-state index in [1.807, 2.05) is 66.2 Å². The lowest BCUT2D eigenvalue weighted by atomic mass is 10.2. The van der Waals surface area contributed by atoms with Gasteiger partial charge in [0.25, 0.3) is 5.91 Å². The maximum absolute atomic E-state index is 12.0. The van der Waals surface area contributed by atoms with E-state index >= 15 is 0 Å². The van der Waals surface area contributed by atoms with E-state index in [0.717, 1.165) is 22.0 Å². The molecule has 3 amide bonds. The molecule has 2 aromatic rings. The number of carbonyl (C=O) groups is 2. The zero-order valence-corrected chi connectivity index (χ0v) is 13.3. The highest BCUT2D eigenvalue weighted by Gasteiger charge is 2.30. The SMILES string of the molecule is CN1C(=O)N/C(=C/c2cccn2-c2ccc(N(C)C)cc2)C1=O. The fraction of sp³-hybridized carbons (Fsp3) is 0.176. The zero-order valence-electron chi connectivity index (χ0n) is 13.3. The van der Waals surface area contributed by atoms with Crippen LogP contribution in [0.5, 0.6) is 0 Å². The molecular weight excluding hydrogens is 292 g/mol. The molecular formula is C17H18N4O2. The van der Waals surface area contributed by atoms with E-state index in [4.69, 9.17) is 0 Å². The number of imide groups is 1. The molecule has 0 aliphatic carbocycles. The second kappa shape index (κ2) is 5.64. The molecule has 23 heavy (non-hydrogen) atoms. The lowest BCUT2D eigenvalue weighted by Gasteiger charge is -2.13. The van der Waals surface area contributed by atoms with Crippen LogP contribution in [0.1, 0.15) is 5.69 Å². The maximum Gasteiger partial charge on any atom is 0.328 e.